The number of hydrogen-bond donors (Lipinski definition) is 4. The van der Waals surface area contributed by atoms with Gasteiger partial charge in [0.1, 0.15) is 12.0 Å². The van der Waals surface area contributed by atoms with Crippen molar-refractivity contribution < 1.29 is 18.0 Å². The number of anilines is 1. The van der Waals surface area contributed by atoms with Gasteiger partial charge in [0, 0.05) is 51.5 Å². The van der Waals surface area contributed by atoms with Gasteiger partial charge in [-0.1, -0.05) is 0 Å². The molecular weight excluding hydrogens is 389 g/mol. The highest BCUT2D eigenvalue weighted by atomic mass is 19.3. The molecule has 4 rings (SSSR count). The van der Waals surface area contributed by atoms with Gasteiger partial charge in [-0.15, -0.1) is 0 Å². The lowest BCUT2D eigenvalue weighted by Gasteiger charge is -2.28. The number of amidine groups is 1. The molecule has 0 radical (unpaired) electrons. The summed E-state index contributed by atoms with van der Waals surface area (Å²) in [5.41, 5.74) is 2.74. The summed E-state index contributed by atoms with van der Waals surface area (Å²) in [6.45, 7) is 1.13. The number of piperidine rings is 1. The Kier molecular flexibility index (Phi) is 5.28. The molecule has 0 aromatic carbocycles. The predicted octanol–water partition coefficient (Wildman–Crippen LogP) is 0.543. The van der Waals surface area contributed by atoms with Crippen LogP contribution >= 0.6 is 0 Å². The molecule has 9 nitrogen and oxygen atoms in total. The van der Waals surface area contributed by atoms with Crippen molar-refractivity contribution in [1.29, 1.82) is 0 Å². The predicted molar refractivity (Wildman–Crippen MR) is 99.5 cm³/mol. The first kappa shape index (κ1) is 19.5. The molecule has 2 atom stereocenters. The number of nitrogens with zero attached hydrogens (tertiary/aromatic N) is 4. The zero-order valence-electron chi connectivity index (χ0n) is 15.6. The van der Waals surface area contributed by atoms with Crippen LogP contribution in [0.3, 0.4) is 0 Å². The van der Waals surface area contributed by atoms with Gasteiger partial charge in [-0.25, -0.2) is 23.6 Å². The van der Waals surface area contributed by atoms with Crippen molar-refractivity contribution in [3.8, 4) is 0 Å². The molecule has 1 aromatic heterocycles. The van der Waals surface area contributed by atoms with E-state index in [9.17, 15) is 18.0 Å². The fraction of sp³-hybridized carbons (Fsp3) is 0.471. The molecule has 0 spiro atoms. The lowest BCUT2D eigenvalue weighted by atomic mass is 10.1. The third kappa shape index (κ3) is 4.12. The number of carbonyl (C=O) groups is 1. The first-order chi connectivity index (χ1) is 13.9. The first-order valence-electron chi connectivity index (χ1n) is 9.18. The summed E-state index contributed by atoms with van der Waals surface area (Å²) in [6, 6.07) is -0.120. The Labute approximate surface area is 164 Å². The Hall–Kier alpha value is -2.86. The first-order valence-corrected chi connectivity index (χ1v) is 9.18. The molecule has 1 amide bonds. The van der Waals surface area contributed by atoms with Crippen LogP contribution in [-0.2, 0) is 11.8 Å². The Morgan fingerprint density at radius 1 is 1.38 bits per heavy atom. The number of carbonyl (C=O) groups excluding carboxylic acids is 1. The number of fused-ring (bicyclic) bond motifs is 1. The van der Waals surface area contributed by atoms with Crippen molar-refractivity contribution in [2.75, 3.05) is 25.0 Å². The molecule has 12 heteroatoms. The van der Waals surface area contributed by atoms with Gasteiger partial charge in [0.25, 0.3) is 12.3 Å². The number of hydrogen-bond acceptors (Lipinski definition) is 7. The maximum Gasteiger partial charge on any atom is 0.284 e. The largest absolute Gasteiger partial charge is 0.366 e. The van der Waals surface area contributed by atoms with Crippen LogP contribution in [0.4, 0.5) is 18.9 Å². The molecule has 0 saturated carbocycles. The summed E-state index contributed by atoms with van der Waals surface area (Å²) in [7, 11) is 1.50. The van der Waals surface area contributed by atoms with Gasteiger partial charge < -0.3 is 16.0 Å². The van der Waals surface area contributed by atoms with Gasteiger partial charge in [-0.05, 0) is 6.08 Å². The number of amides is 1. The normalized spacial score (nSPS) is 24.0. The SMILES string of the molecule is Cn1cc(NC(=O)C2=C3N=C(N[C@@H]4CNC[C@H](F)C4)C=CN3NC2)c(C(F)F)n1. The topological polar surface area (TPSA) is 98.6 Å². The van der Waals surface area contributed by atoms with E-state index in [0.717, 1.165) is 0 Å². The molecule has 1 aromatic rings. The van der Waals surface area contributed by atoms with E-state index in [4.69, 9.17) is 0 Å². The Morgan fingerprint density at radius 2 is 2.21 bits per heavy atom. The smallest absolute Gasteiger partial charge is 0.284 e. The van der Waals surface area contributed by atoms with Crippen LogP contribution in [0.5, 0.6) is 0 Å². The molecule has 0 bridgehead atoms. The van der Waals surface area contributed by atoms with Crippen molar-refractivity contribution in [3.63, 3.8) is 0 Å². The molecule has 3 aliphatic heterocycles. The zero-order valence-corrected chi connectivity index (χ0v) is 15.6. The molecular formula is C17H21F3N8O. The maximum absolute atomic E-state index is 13.6. The van der Waals surface area contributed by atoms with E-state index in [0.29, 0.717) is 36.7 Å². The van der Waals surface area contributed by atoms with Gasteiger partial charge in [-0.3, -0.25) is 14.5 Å². The summed E-state index contributed by atoms with van der Waals surface area (Å²) in [5, 5.41) is 13.9. The second-order valence-corrected chi connectivity index (χ2v) is 7.01. The quantitative estimate of drug-likeness (QED) is 0.579. The highest BCUT2D eigenvalue weighted by molar-refractivity contribution is 6.06. The molecule has 1 fully saturated rings. The van der Waals surface area contributed by atoms with Gasteiger partial charge in [0.2, 0.25) is 0 Å². The standard InChI is InChI=1S/C17H21F3N8O/c1-27-8-12(14(26-27)15(19)20)24-17(29)11-7-22-28-3-2-13(25-16(11)28)23-10-4-9(18)5-21-6-10/h2-3,8-10,15,21-22H,4-7H2,1H3,(H,23,25)(H,24,29)/t9-,10+/m1/s1. The average Bonchev–Trinajstić information content (AvgIpc) is 3.24. The van der Waals surface area contributed by atoms with Crippen LogP contribution in [0.1, 0.15) is 18.5 Å². The minimum absolute atomic E-state index is 0.0463. The van der Waals surface area contributed by atoms with E-state index >= 15 is 0 Å². The number of aliphatic imine (C=N–C) groups is 1. The molecule has 156 valence electrons. The molecule has 0 aliphatic carbocycles. The highest BCUT2D eigenvalue weighted by Gasteiger charge is 2.30. The highest BCUT2D eigenvalue weighted by Crippen LogP contribution is 2.27. The summed E-state index contributed by atoms with van der Waals surface area (Å²) in [6.07, 6.45) is 1.37. The monoisotopic (exact) mass is 410 g/mol. The van der Waals surface area contributed by atoms with E-state index in [1.165, 1.54) is 17.9 Å². The molecule has 4 N–H and O–H groups in total. The van der Waals surface area contributed by atoms with E-state index < -0.39 is 24.2 Å². The molecule has 3 aliphatic rings. The van der Waals surface area contributed by atoms with Gasteiger partial charge in [0.15, 0.2) is 11.5 Å². The van der Waals surface area contributed by atoms with Gasteiger partial charge in [0.05, 0.1) is 11.3 Å². The number of hydrazine groups is 1. The van der Waals surface area contributed by atoms with Crippen LogP contribution in [0.25, 0.3) is 0 Å². The lowest BCUT2D eigenvalue weighted by molar-refractivity contribution is -0.112. The summed E-state index contributed by atoms with van der Waals surface area (Å²) < 4.78 is 41.0. The van der Waals surface area contributed by atoms with Crippen LogP contribution in [-0.4, -0.2) is 58.4 Å². The second kappa shape index (κ2) is 7.87. The summed E-state index contributed by atoms with van der Waals surface area (Å²) in [4.78, 5) is 17.2. The number of alkyl halides is 3. The fourth-order valence-corrected chi connectivity index (χ4v) is 3.44. The molecule has 29 heavy (non-hydrogen) atoms. The van der Waals surface area contributed by atoms with E-state index in [1.54, 1.807) is 17.3 Å². The van der Waals surface area contributed by atoms with Crippen molar-refractivity contribution in [2.24, 2.45) is 12.0 Å². The van der Waals surface area contributed by atoms with Crippen LogP contribution < -0.4 is 21.4 Å². The van der Waals surface area contributed by atoms with Crippen molar-refractivity contribution in [3.05, 3.63) is 35.6 Å². The molecule has 4 heterocycles. The Balaban J connectivity index is 1.52. The lowest BCUT2D eigenvalue weighted by Crippen LogP contribution is -2.49. The fourth-order valence-electron chi connectivity index (χ4n) is 3.44. The number of aromatic nitrogens is 2. The van der Waals surface area contributed by atoms with Crippen molar-refractivity contribution >= 4 is 17.4 Å². The van der Waals surface area contributed by atoms with E-state index in [2.05, 4.69) is 31.5 Å². The minimum atomic E-state index is -2.81. The third-order valence-corrected chi connectivity index (χ3v) is 4.77. The maximum atomic E-state index is 13.6. The number of nitrogens with one attached hydrogen (secondary N) is 4. The minimum Gasteiger partial charge on any atom is -0.366 e. The summed E-state index contributed by atoms with van der Waals surface area (Å²) >= 11 is 0. The average molecular weight is 410 g/mol. The van der Waals surface area contributed by atoms with Gasteiger partial charge in [-0.2, -0.15) is 5.10 Å². The zero-order chi connectivity index (χ0) is 20.5. The number of aryl methyl sites for hydroxylation is 1. The number of halogens is 3. The van der Waals surface area contributed by atoms with Crippen molar-refractivity contribution in [2.45, 2.75) is 25.1 Å². The molecule has 0 unspecified atom stereocenters. The van der Waals surface area contributed by atoms with E-state index in [1.807, 2.05) is 0 Å². The van der Waals surface area contributed by atoms with Gasteiger partial charge >= 0.3 is 0 Å². The Morgan fingerprint density at radius 3 is 2.97 bits per heavy atom. The molecule has 1 saturated heterocycles. The number of rotatable bonds is 4. The van der Waals surface area contributed by atoms with Crippen LogP contribution in [0, 0.1) is 0 Å². The van der Waals surface area contributed by atoms with Crippen molar-refractivity contribution in [1.82, 2.24) is 30.8 Å². The second-order valence-electron chi connectivity index (χ2n) is 7.01. The van der Waals surface area contributed by atoms with Crippen LogP contribution in [0.2, 0.25) is 0 Å². The van der Waals surface area contributed by atoms with Crippen LogP contribution in [0.15, 0.2) is 34.9 Å². The third-order valence-electron chi connectivity index (χ3n) is 4.77. The Bertz CT molecular complexity index is 893. The van der Waals surface area contributed by atoms with E-state index in [-0.39, 0.29) is 18.3 Å². The summed E-state index contributed by atoms with van der Waals surface area (Å²) in [5.74, 6) is 0.308.